The molecule has 1 spiro atoms. The molecule has 1 aromatic carbocycles. The summed E-state index contributed by atoms with van der Waals surface area (Å²) >= 11 is 3.53. The number of nitrogens with zero attached hydrogens (tertiary/aromatic N) is 1. The van der Waals surface area contributed by atoms with E-state index in [-0.39, 0.29) is 11.3 Å². The second-order valence-corrected chi connectivity index (χ2v) is 8.73. The Labute approximate surface area is 150 Å². The minimum absolute atomic E-state index is 0.118. The summed E-state index contributed by atoms with van der Waals surface area (Å²) in [6, 6.07) is 5.69. The molecule has 0 radical (unpaired) electrons. The van der Waals surface area contributed by atoms with Crippen LogP contribution in [0, 0.1) is 11.3 Å². The lowest BCUT2D eigenvalue weighted by Gasteiger charge is -2.54. The van der Waals surface area contributed by atoms with Gasteiger partial charge in [0.2, 0.25) is 0 Å². The van der Waals surface area contributed by atoms with E-state index < -0.39 is 17.8 Å². The summed E-state index contributed by atoms with van der Waals surface area (Å²) in [5.74, 6) is 0.577. The molecule has 3 rings (SSSR count). The van der Waals surface area contributed by atoms with Gasteiger partial charge >= 0.3 is 6.09 Å². The number of aliphatic hydroxyl groups is 1. The van der Waals surface area contributed by atoms with E-state index >= 15 is 0 Å². The number of piperidine rings is 1. The number of likely N-dealkylation sites (tertiary alicyclic amines) is 1. The lowest BCUT2D eigenvalue weighted by molar-refractivity contribution is -0.141. The predicted octanol–water partition coefficient (Wildman–Crippen LogP) is 4.05. The second-order valence-electron chi connectivity index (χ2n) is 7.88. The molecule has 2 unspecified atom stereocenters. The minimum atomic E-state index is -0.892. The number of carboxylic acid groups (broad SMARTS) is 1. The SMILES string of the molecule is CC(C)(C)C1C(O)c2c(Br)cccc2OC12CCN(C(=O)O)CC2. The van der Waals surface area contributed by atoms with Crippen molar-refractivity contribution in [2.75, 3.05) is 13.1 Å². The third kappa shape index (κ3) is 2.80. The molecule has 2 atom stereocenters. The van der Waals surface area contributed by atoms with Crippen LogP contribution in [0.2, 0.25) is 0 Å². The molecule has 0 saturated carbocycles. The number of halogens is 1. The van der Waals surface area contributed by atoms with E-state index in [1.807, 2.05) is 18.2 Å². The summed E-state index contributed by atoms with van der Waals surface area (Å²) in [5, 5.41) is 20.4. The van der Waals surface area contributed by atoms with Crippen molar-refractivity contribution >= 4 is 22.0 Å². The van der Waals surface area contributed by atoms with Crippen molar-refractivity contribution in [2.24, 2.45) is 11.3 Å². The summed E-state index contributed by atoms with van der Waals surface area (Å²) in [5.41, 5.74) is 0.0681. The fourth-order valence-electron chi connectivity index (χ4n) is 4.38. The van der Waals surface area contributed by atoms with Gasteiger partial charge in [0.25, 0.3) is 0 Å². The third-order valence-corrected chi connectivity index (χ3v) is 6.01. The van der Waals surface area contributed by atoms with Crippen molar-refractivity contribution in [1.29, 1.82) is 0 Å². The van der Waals surface area contributed by atoms with Gasteiger partial charge in [-0.3, -0.25) is 0 Å². The Hall–Kier alpha value is -1.27. The number of carbonyl (C=O) groups is 1. The Morgan fingerprint density at radius 3 is 2.50 bits per heavy atom. The topological polar surface area (TPSA) is 70.0 Å². The van der Waals surface area contributed by atoms with Crippen LogP contribution in [-0.2, 0) is 0 Å². The van der Waals surface area contributed by atoms with E-state index in [4.69, 9.17) is 4.74 Å². The van der Waals surface area contributed by atoms with Gasteiger partial charge in [0.15, 0.2) is 0 Å². The predicted molar refractivity (Wildman–Crippen MR) is 94.2 cm³/mol. The van der Waals surface area contributed by atoms with Gasteiger partial charge < -0.3 is 19.8 Å². The first-order valence-corrected chi connectivity index (χ1v) is 9.08. The van der Waals surface area contributed by atoms with Crippen LogP contribution in [0.15, 0.2) is 22.7 Å². The first-order valence-electron chi connectivity index (χ1n) is 8.29. The molecule has 24 heavy (non-hydrogen) atoms. The molecule has 1 saturated heterocycles. The molecule has 132 valence electrons. The second kappa shape index (κ2) is 5.92. The van der Waals surface area contributed by atoms with E-state index in [0.717, 1.165) is 10.0 Å². The monoisotopic (exact) mass is 397 g/mol. The zero-order valence-corrected chi connectivity index (χ0v) is 15.8. The molecule has 2 N–H and O–H groups in total. The summed E-state index contributed by atoms with van der Waals surface area (Å²) in [6.07, 6.45) is -0.369. The largest absolute Gasteiger partial charge is 0.486 e. The molecule has 2 aliphatic heterocycles. The summed E-state index contributed by atoms with van der Waals surface area (Å²) in [6.45, 7) is 7.18. The Bertz CT molecular complexity index is 647. The Morgan fingerprint density at radius 2 is 1.96 bits per heavy atom. The average molecular weight is 398 g/mol. The maximum atomic E-state index is 11.2. The Balaban J connectivity index is 2.03. The number of rotatable bonds is 0. The quantitative estimate of drug-likeness (QED) is 0.692. The number of fused-ring (bicyclic) bond motifs is 1. The zero-order chi connectivity index (χ0) is 17.7. The molecular formula is C18H24BrNO4. The van der Waals surface area contributed by atoms with Gasteiger partial charge in [-0.1, -0.05) is 42.8 Å². The lowest BCUT2D eigenvalue weighted by atomic mass is 9.62. The van der Waals surface area contributed by atoms with E-state index in [1.165, 1.54) is 4.90 Å². The molecule has 6 heteroatoms. The van der Waals surface area contributed by atoms with Crippen molar-refractivity contribution < 1.29 is 19.7 Å². The van der Waals surface area contributed by atoms with Crippen LogP contribution in [0.4, 0.5) is 4.79 Å². The summed E-state index contributed by atoms with van der Waals surface area (Å²) < 4.78 is 7.32. The van der Waals surface area contributed by atoms with Crippen LogP contribution < -0.4 is 4.74 Å². The Kier molecular flexibility index (Phi) is 4.33. The smallest absolute Gasteiger partial charge is 0.407 e. The highest BCUT2D eigenvalue weighted by Gasteiger charge is 2.55. The van der Waals surface area contributed by atoms with Crippen LogP contribution in [-0.4, -0.2) is 39.9 Å². The van der Waals surface area contributed by atoms with Gasteiger partial charge in [-0.25, -0.2) is 4.79 Å². The molecule has 0 aliphatic carbocycles. The highest BCUT2D eigenvalue weighted by molar-refractivity contribution is 9.10. The molecule has 5 nitrogen and oxygen atoms in total. The van der Waals surface area contributed by atoms with Crippen LogP contribution in [0.5, 0.6) is 5.75 Å². The van der Waals surface area contributed by atoms with Crippen molar-refractivity contribution in [3.63, 3.8) is 0 Å². The molecule has 1 fully saturated rings. The normalized spacial score (nSPS) is 26.0. The average Bonchev–Trinajstić information content (AvgIpc) is 2.45. The summed E-state index contributed by atoms with van der Waals surface area (Å²) in [4.78, 5) is 12.7. The maximum absolute atomic E-state index is 11.2. The molecule has 0 bridgehead atoms. The molecule has 2 aliphatic rings. The number of ether oxygens (including phenoxy) is 1. The highest BCUT2D eigenvalue weighted by Crippen LogP contribution is 2.55. The molecule has 1 aromatic rings. The number of hydrogen-bond acceptors (Lipinski definition) is 3. The lowest BCUT2D eigenvalue weighted by Crippen LogP contribution is -2.59. The van der Waals surface area contributed by atoms with Crippen molar-refractivity contribution in [2.45, 2.75) is 45.3 Å². The van der Waals surface area contributed by atoms with Gasteiger partial charge in [0.05, 0.1) is 6.10 Å². The zero-order valence-electron chi connectivity index (χ0n) is 14.3. The van der Waals surface area contributed by atoms with E-state index in [9.17, 15) is 15.0 Å². The van der Waals surface area contributed by atoms with Gasteiger partial charge in [0.1, 0.15) is 11.4 Å². The van der Waals surface area contributed by atoms with Crippen molar-refractivity contribution in [1.82, 2.24) is 4.90 Å². The van der Waals surface area contributed by atoms with Gasteiger partial charge in [-0.05, 0) is 17.5 Å². The van der Waals surface area contributed by atoms with Gasteiger partial charge in [0, 0.05) is 41.9 Å². The Morgan fingerprint density at radius 1 is 1.33 bits per heavy atom. The van der Waals surface area contributed by atoms with Crippen molar-refractivity contribution in [3.05, 3.63) is 28.2 Å². The molecule has 1 amide bonds. The van der Waals surface area contributed by atoms with Crippen LogP contribution in [0.1, 0.15) is 45.3 Å². The van der Waals surface area contributed by atoms with E-state index in [2.05, 4.69) is 36.7 Å². The first kappa shape index (κ1) is 17.5. The molecule has 2 heterocycles. The molecule has 0 aromatic heterocycles. The number of aliphatic hydroxyl groups excluding tert-OH is 1. The van der Waals surface area contributed by atoms with Gasteiger partial charge in [-0.2, -0.15) is 0 Å². The number of amides is 1. The first-order chi connectivity index (χ1) is 11.2. The van der Waals surface area contributed by atoms with Crippen molar-refractivity contribution in [3.8, 4) is 5.75 Å². The van der Waals surface area contributed by atoms with Crippen LogP contribution in [0.25, 0.3) is 0 Å². The minimum Gasteiger partial charge on any atom is -0.486 e. The van der Waals surface area contributed by atoms with E-state index in [0.29, 0.717) is 31.7 Å². The summed E-state index contributed by atoms with van der Waals surface area (Å²) in [7, 11) is 0. The highest BCUT2D eigenvalue weighted by atomic mass is 79.9. The van der Waals surface area contributed by atoms with Crippen LogP contribution in [0.3, 0.4) is 0 Å². The fourth-order valence-corrected chi connectivity index (χ4v) is 4.96. The number of hydrogen-bond donors (Lipinski definition) is 2. The number of benzene rings is 1. The third-order valence-electron chi connectivity index (χ3n) is 5.32. The van der Waals surface area contributed by atoms with Gasteiger partial charge in [-0.15, -0.1) is 0 Å². The maximum Gasteiger partial charge on any atom is 0.407 e. The fraction of sp³-hybridized carbons (Fsp3) is 0.611. The van der Waals surface area contributed by atoms with E-state index in [1.54, 1.807) is 0 Å². The van der Waals surface area contributed by atoms with Crippen LogP contribution >= 0.6 is 15.9 Å². The molecular weight excluding hydrogens is 374 g/mol. The standard InChI is InChI=1S/C18H24BrNO4/c1-17(2,3)15-14(21)13-11(19)5-4-6-12(13)24-18(15)7-9-20(10-8-18)16(22)23/h4-6,14-15,21H,7-10H2,1-3H3,(H,22,23).